The number of benzene rings is 1. The standard InChI is InChI=1S/C25H33N5O/c1-17-13-23-22(14-21(17)19-5-4-10-26-15-19)24(29-28-23)25(31)27-20-8-6-18(7-9-20)16-30-11-2-3-12-30/h4-10,15,17,21-24,28-29H,2-3,11-14,16H2,1H3,(H,27,31). The quantitative estimate of drug-likeness (QED) is 0.694. The van der Waals surface area contributed by atoms with Crippen LogP contribution in [0.1, 0.15) is 49.7 Å². The summed E-state index contributed by atoms with van der Waals surface area (Å²) < 4.78 is 0. The lowest BCUT2D eigenvalue weighted by Gasteiger charge is -2.37. The van der Waals surface area contributed by atoms with Crippen molar-refractivity contribution in [3.8, 4) is 0 Å². The van der Waals surface area contributed by atoms with Gasteiger partial charge in [0.2, 0.25) is 5.91 Å². The van der Waals surface area contributed by atoms with Gasteiger partial charge in [-0.15, -0.1) is 0 Å². The number of carbonyl (C=O) groups excluding carboxylic acids is 1. The summed E-state index contributed by atoms with van der Waals surface area (Å²) in [6, 6.07) is 12.6. The maximum atomic E-state index is 13.1. The van der Waals surface area contributed by atoms with Gasteiger partial charge in [0.05, 0.1) is 0 Å². The van der Waals surface area contributed by atoms with Gasteiger partial charge >= 0.3 is 0 Å². The number of nitrogens with zero attached hydrogens (tertiary/aromatic N) is 2. The van der Waals surface area contributed by atoms with Crippen molar-refractivity contribution in [2.75, 3.05) is 18.4 Å². The number of hydrogen-bond donors (Lipinski definition) is 3. The molecule has 5 rings (SSSR count). The Morgan fingerprint density at radius 1 is 1.13 bits per heavy atom. The molecule has 5 unspecified atom stereocenters. The van der Waals surface area contributed by atoms with Crippen LogP contribution in [0.3, 0.4) is 0 Å². The molecule has 3 N–H and O–H groups in total. The van der Waals surface area contributed by atoms with E-state index in [0.717, 1.165) is 25.1 Å². The minimum Gasteiger partial charge on any atom is -0.325 e. The van der Waals surface area contributed by atoms with E-state index in [1.54, 1.807) is 0 Å². The fraction of sp³-hybridized carbons (Fsp3) is 0.520. The van der Waals surface area contributed by atoms with Crippen molar-refractivity contribution in [2.24, 2.45) is 11.8 Å². The number of carbonyl (C=O) groups is 1. The first kappa shape index (κ1) is 20.6. The molecule has 1 saturated carbocycles. The number of nitrogens with one attached hydrogen (secondary N) is 3. The van der Waals surface area contributed by atoms with E-state index < -0.39 is 0 Å². The Morgan fingerprint density at radius 2 is 1.94 bits per heavy atom. The lowest BCUT2D eigenvalue weighted by Crippen LogP contribution is -2.43. The van der Waals surface area contributed by atoms with Gasteiger partial charge in [-0.25, -0.2) is 5.43 Å². The van der Waals surface area contributed by atoms with Crippen molar-refractivity contribution in [1.82, 2.24) is 20.7 Å². The van der Waals surface area contributed by atoms with Crippen molar-refractivity contribution in [2.45, 2.75) is 57.2 Å². The molecule has 1 amide bonds. The van der Waals surface area contributed by atoms with Crippen molar-refractivity contribution >= 4 is 11.6 Å². The smallest absolute Gasteiger partial charge is 0.243 e. The van der Waals surface area contributed by atoms with Crippen molar-refractivity contribution < 1.29 is 4.79 Å². The van der Waals surface area contributed by atoms with Gasteiger partial charge in [0.25, 0.3) is 0 Å². The lowest BCUT2D eigenvalue weighted by atomic mass is 9.68. The van der Waals surface area contributed by atoms with E-state index in [0.29, 0.717) is 17.9 Å². The normalized spacial score (nSPS) is 30.8. The molecule has 5 atom stereocenters. The van der Waals surface area contributed by atoms with Gasteiger partial charge in [-0.3, -0.25) is 20.1 Å². The highest BCUT2D eigenvalue weighted by molar-refractivity contribution is 5.95. The topological polar surface area (TPSA) is 69.3 Å². The number of amides is 1. The van der Waals surface area contributed by atoms with Crippen LogP contribution in [0.5, 0.6) is 0 Å². The molecule has 1 aliphatic carbocycles. The van der Waals surface area contributed by atoms with Crippen LogP contribution in [-0.4, -0.2) is 41.0 Å². The zero-order chi connectivity index (χ0) is 21.2. The molecular formula is C25H33N5O. The van der Waals surface area contributed by atoms with Crippen LogP contribution < -0.4 is 16.2 Å². The molecule has 0 radical (unpaired) electrons. The molecule has 6 heteroatoms. The Morgan fingerprint density at radius 3 is 2.68 bits per heavy atom. The highest BCUT2D eigenvalue weighted by Gasteiger charge is 2.46. The SMILES string of the molecule is CC1CC2NNC(C(=O)Nc3ccc(CN4CCCC4)cc3)C2CC1c1cccnc1. The van der Waals surface area contributed by atoms with Crippen molar-refractivity contribution in [3.63, 3.8) is 0 Å². The molecule has 31 heavy (non-hydrogen) atoms. The first-order chi connectivity index (χ1) is 15.2. The molecule has 164 valence electrons. The van der Waals surface area contributed by atoms with Gasteiger partial charge in [-0.1, -0.05) is 25.1 Å². The maximum absolute atomic E-state index is 13.1. The van der Waals surface area contributed by atoms with E-state index in [4.69, 9.17) is 0 Å². The van der Waals surface area contributed by atoms with Gasteiger partial charge in [-0.05, 0) is 79.9 Å². The third kappa shape index (κ3) is 4.52. The van der Waals surface area contributed by atoms with Gasteiger partial charge in [0.15, 0.2) is 0 Å². The second-order valence-electron chi connectivity index (χ2n) is 9.55. The number of hydrogen-bond acceptors (Lipinski definition) is 5. The van der Waals surface area contributed by atoms with Crippen molar-refractivity contribution in [1.29, 1.82) is 0 Å². The Balaban J connectivity index is 1.22. The zero-order valence-electron chi connectivity index (χ0n) is 18.3. The highest BCUT2D eigenvalue weighted by Crippen LogP contribution is 2.43. The molecule has 2 aliphatic heterocycles. The Labute approximate surface area is 184 Å². The number of anilines is 1. The fourth-order valence-electron chi connectivity index (χ4n) is 5.70. The van der Waals surface area contributed by atoms with E-state index in [1.165, 1.54) is 37.1 Å². The van der Waals surface area contributed by atoms with Gasteiger partial charge in [0, 0.05) is 36.6 Å². The number of aromatic nitrogens is 1. The number of likely N-dealkylation sites (tertiary alicyclic amines) is 1. The Kier molecular flexibility index (Phi) is 6.03. The van der Waals surface area contributed by atoms with Crippen LogP contribution >= 0.6 is 0 Å². The number of fused-ring (bicyclic) bond motifs is 1. The number of pyridine rings is 1. The summed E-state index contributed by atoms with van der Waals surface area (Å²) in [5, 5.41) is 3.14. The molecule has 1 aromatic heterocycles. The minimum absolute atomic E-state index is 0.0479. The highest BCUT2D eigenvalue weighted by atomic mass is 16.2. The molecule has 1 aromatic carbocycles. The van der Waals surface area contributed by atoms with Crippen LogP contribution in [0.15, 0.2) is 48.8 Å². The van der Waals surface area contributed by atoms with Crippen LogP contribution in [0.25, 0.3) is 0 Å². The fourth-order valence-corrected chi connectivity index (χ4v) is 5.70. The molecule has 3 aliphatic rings. The predicted octanol–water partition coefficient (Wildman–Crippen LogP) is 3.29. The number of hydrazine groups is 1. The average Bonchev–Trinajstić information content (AvgIpc) is 3.44. The first-order valence-corrected chi connectivity index (χ1v) is 11.7. The summed E-state index contributed by atoms with van der Waals surface area (Å²) >= 11 is 0. The van der Waals surface area contributed by atoms with E-state index in [1.807, 2.05) is 30.6 Å². The van der Waals surface area contributed by atoms with Gasteiger partial charge in [0.1, 0.15) is 6.04 Å². The molecule has 3 fully saturated rings. The molecule has 2 saturated heterocycles. The van der Waals surface area contributed by atoms with Crippen LogP contribution in [0.4, 0.5) is 5.69 Å². The second kappa shape index (κ2) is 9.07. The predicted molar refractivity (Wildman–Crippen MR) is 122 cm³/mol. The molecule has 0 bridgehead atoms. The van der Waals surface area contributed by atoms with Crippen LogP contribution in [-0.2, 0) is 11.3 Å². The molecule has 2 aromatic rings. The minimum atomic E-state index is -0.221. The summed E-state index contributed by atoms with van der Waals surface area (Å²) in [4.78, 5) is 19.9. The van der Waals surface area contributed by atoms with E-state index in [-0.39, 0.29) is 17.9 Å². The van der Waals surface area contributed by atoms with Gasteiger partial charge in [-0.2, -0.15) is 0 Å². The van der Waals surface area contributed by atoms with Crippen molar-refractivity contribution in [3.05, 3.63) is 59.9 Å². The summed E-state index contributed by atoms with van der Waals surface area (Å²) in [6.07, 6.45) is 8.47. The summed E-state index contributed by atoms with van der Waals surface area (Å²) in [5.41, 5.74) is 10.1. The Hall–Kier alpha value is -2.28. The van der Waals surface area contributed by atoms with E-state index in [2.05, 4.69) is 51.2 Å². The average molecular weight is 420 g/mol. The lowest BCUT2D eigenvalue weighted by molar-refractivity contribution is -0.119. The first-order valence-electron chi connectivity index (χ1n) is 11.7. The number of rotatable bonds is 5. The molecule has 0 spiro atoms. The van der Waals surface area contributed by atoms with E-state index in [9.17, 15) is 4.79 Å². The molecular weight excluding hydrogens is 386 g/mol. The summed E-state index contributed by atoms with van der Waals surface area (Å²) in [7, 11) is 0. The largest absolute Gasteiger partial charge is 0.325 e. The molecule has 6 nitrogen and oxygen atoms in total. The third-order valence-corrected chi connectivity index (χ3v) is 7.43. The van der Waals surface area contributed by atoms with Crippen LogP contribution in [0.2, 0.25) is 0 Å². The summed E-state index contributed by atoms with van der Waals surface area (Å²) in [6.45, 7) is 5.70. The zero-order valence-corrected chi connectivity index (χ0v) is 18.3. The maximum Gasteiger partial charge on any atom is 0.243 e. The van der Waals surface area contributed by atoms with E-state index >= 15 is 0 Å². The van der Waals surface area contributed by atoms with Gasteiger partial charge < -0.3 is 5.32 Å². The summed E-state index contributed by atoms with van der Waals surface area (Å²) in [5.74, 6) is 1.32. The monoisotopic (exact) mass is 419 g/mol. The third-order valence-electron chi connectivity index (χ3n) is 7.43. The Bertz CT molecular complexity index is 881. The van der Waals surface area contributed by atoms with Crippen LogP contribution in [0, 0.1) is 11.8 Å². The second-order valence-corrected chi connectivity index (χ2v) is 9.55. The molecule has 3 heterocycles.